The highest BCUT2D eigenvalue weighted by atomic mass is 19.1. The molecule has 0 spiro atoms. The highest BCUT2D eigenvalue weighted by Gasteiger charge is 2.44. The quantitative estimate of drug-likeness (QED) is 0.626. The molecule has 0 aromatic carbocycles. The summed E-state index contributed by atoms with van der Waals surface area (Å²) in [6, 6.07) is 0. The molecule has 1 aliphatic carbocycles. The van der Waals surface area contributed by atoms with E-state index in [1.165, 1.54) is 0 Å². The van der Waals surface area contributed by atoms with E-state index in [1.807, 2.05) is 20.8 Å². The standard InChI is InChI=1S/C10H17FO/c1-9(2,3)7-8(12)10(11)5-4-6-10/h4-7H2,1-3H3. The Morgan fingerprint density at radius 3 is 2.17 bits per heavy atom. The Kier molecular flexibility index (Phi) is 2.28. The number of alkyl halides is 1. The van der Waals surface area contributed by atoms with Gasteiger partial charge in [0, 0.05) is 6.42 Å². The van der Waals surface area contributed by atoms with Gasteiger partial charge in [0.15, 0.2) is 11.5 Å². The zero-order valence-corrected chi connectivity index (χ0v) is 8.11. The van der Waals surface area contributed by atoms with Crippen LogP contribution < -0.4 is 0 Å². The Bertz CT molecular complexity index is 187. The zero-order chi connectivity index (χ0) is 9.41. The van der Waals surface area contributed by atoms with E-state index in [0.29, 0.717) is 19.3 Å². The van der Waals surface area contributed by atoms with Gasteiger partial charge in [-0.15, -0.1) is 0 Å². The number of ketones is 1. The van der Waals surface area contributed by atoms with Gasteiger partial charge in [0.05, 0.1) is 0 Å². The third-order valence-electron chi connectivity index (χ3n) is 2.34. The molecule has 1 fully saturated rings. The van der Waals surface area contributed by atoms with Gasteiger partial charge in [-0.25, -0.2) is 4.39 Å². The number of carbonyl (C=O) groups excluding carboxylic acids is 1. The van der Waals surface area contributed by atoms with E-state index in [9.17, 15) is 9.18 Å². The van der Waals surface area contributed by atoms with Gasteiger partial charge in [-0.2, -0.15) is 0 Å². The predicted molar refractivity (Wildman–Crippen MR) is 46.8 cm³/mol. The SMILES string of the molecule is CC(C)(C)CC(=O)C1(F)CCC1. The first-order valence-corrected chi connectivity index (χ1v) is 4.56. The molecule has 0 aromatic heterocycles. The normalized spacial score (nSPS) is 21.7. The molecule has 0 heterocycles. The molecule has 0 amide bonds. The molecule has 0 saturated heterocycles. The van der Waals surface area contributed by atoms with Crippen LogP contribution in [-0.2, 0) is 4.79 Å². The second-order valence-electron chi connectivity index (χ2n) is 4.98. The lowest BCUT2D eigenvalue weighted by Gasteiger charge is -2.34. The molecule has 0 N–H and O–H groups in total. The van der Waals surface area contributed by atoms with Crippen molar-refractivity contribution in [3.8, 4) is 0 Å². The van der Waals surface area contributed by atoms with E-state index in [1.54, 1.807) is 0 Å². The van der Waals surface area contributed by atoms with Crippen LogP contribution in [0.25, 0.3) is 0 Å². The van der Waals surface area contributed by atoms with Crippen LogP contribution in [0.4, 0.5) is 4.39 Å². The van der Waals surface area contributed by atoms with Crippen molar-refractivity contribution in [2.75, 3.05) is 0 Å². The summed E-state index contributed by atoms with van der Waals surface area (Å²) in [4.78, 5) is 11.4. The van der Waals surface area contributed by atoms with Gasteiger partial charge in [-0.3, -0.25) is 4.79 Å². The van der Waals surface area contributed by atoms with Gasteiger partial charge < -0.3 is 0 Å². The highest BCUT2D eigenvalue weighted by Crippen LogP contribution is 2.39. The van der Waals surface area contributed by atoms with Crippen molar-refractivity contribution in [2.45, 2.75) is 52.1 Å². The van der Waals surface area contributed by atoms with E-state index < -0.39 is 5.67 Å². The summed E-state index contributed by atoms with van der Waals surface area (Å²) in [7, 11) is 0. The maximum absolute atomic E-state index is 13.5. The van der Waals surface area contributed by atoms with Crippen LogP contribution in [0.1, 0.15) is 46.5 Å². The third kappa shape index (κ3) is 2.05. The summed E-state index contributed by atoms with van der Waals surface area (Å²) < 4.78 is 13.5. The van der Waals surface area contributed by atoms with E-state index in [-0.39, 0.29) is 11.2 Å². The largest absolute Gasteiger partial charge is 0.296 e. The summed E-state index contributed by atoms with van der Waals surface area (Å²) in [6.07, 6.45) is 2.12. The Balaban J connectivity index is 2.49. The molecule has 1 nitrogen and oxygen atoms in total. The van der Waals surface area contributed by atoms with Crippen LogP contribution >= 0.6 is 0 Å². The Hall–Kier alpha value is -0.400. The van der Waals surface area contributed by atoms with E-state index in [0.717, 1.165) is 6.42 Å². The van der Waals surface area contributed by atoms with Crippen LogP contribution in [0.5, 0.6) is 0 Å². The molecular formula is C10H17FO. The number of carbonyl (C=O) groups is 1. The smallest absolute Gasteiger partial charge is 0.170 e. The third-order valence-corrected chi connectivity index (χ3v) is 2.34. The molecule has 0 bridgehead atoms. The van der Waals surface area contributed by atoms with E-state index in [4.69, 9.17) is 0 Å². The van der Waals surface area contributed by atoms with Crippen LogP contribution in [0.15, 0.2) is 0 Å². The van der Waals surface area contributed by atoms with Gasteiger partial charge in [-0.05, 0) is 24.7 Å². The first kappa shape index (κ1) is 9.69. The van der Waals surface area contributed by atoms with Crippen molar-refractivity contribution in [3.63, 3.8) is 0 Å². The molecule has 2 heteroatoms. The van der Waals surface area contributed by atoms with Crippen molar-refractivity contribution >= 4 is 5.78 Å². The Morgan fingerprint density at radius 1 is 1.42 bits per heavy atom. The predicted octanol–water partition coefficient (Wildman–Crippen LogP) is 2.88. The van der Waals surface area contributed by atoms with Crippen LogP contribution in [0.2, 0.25) is 0 Å². The van der Waals surface area contributed by atoms with Crippen LogP contribution in [0.3, 0.4) is 0 Å². The molecule has 1 saturated carbocycles. The highest BCUT2D eigenvalue weighted by molar-refractivity contribution is 5.88. The van der Waals surface area contributed by atoms with E-state index >= 15 is 0 Å². The maximum atomic E-state index is 13.5. The summed E-state index contributed by atoms with van der Waals surface area (Å²) in [5.74, 6) is -0.193. The second-order valence-corrected chi connectivity index (χ2v) is 4.98. The summed E-state index contributed by atoms with van der Waals surface area (Å²) >= 11 is 0. The fourth-order valence-electron chi connectivity index (χ4n) is 1.41. The summed E-state index contributed by atoms with van der Waals surface area (Å²) in [5, 5.41) is 0. The van der Waals surface area contributed by atoms with E-state index in [2.05, 4.69) is 0 Å². The van der Waals surface area contributed by atoms with Crippen LogP contribution in [-0.4, -0.2) is 11.5 Å². The van der Waals surface area contributed by atoms with Gasteiger partial charge >= 0.3 is 0 Å². The monoisotopic (exact) mass is 172 g/mol. The lowest BCUT2D eigenvalue weighted by Crippen LogP contribution is -2.42. The van der Waals surface area contributed by atoms with Gasteiger partial charge in [0.2, 0.25) is 0 Å². The number of hydrogen-bond donors (Lipinski definition) is 0. The molecule has 1 rings (SSSR count). The van der Waals surface area contributed by atoms with Crippen molar-refractivity contribution in [3.05, 3.63) is 0 Å². The number of rotatable bonds is 2. The Morgan fingerprint density at radius 2 is 1.92 bits per heavy atom. The lowest BCUT2D eigenvalue weighted by atomic mass is 9.74. The summed E-state index contributed by atoms with van der Waals surface area (Å²) in [5.41, 5.74) is -1.53. The second kappa shape index (κ2) is 2.82. The fraction of sp³-hybridized carbons (Fsp3) is 0.900. The Labute approximate surface area is 73.3 Å². The molecule has 0 radical (unpaired) electrons. The average Bonchev–Trinajstić information content (AvgIpc) is 1.78. The number of Topliss-reactive ketones (excluding diaryl/α,β-unsaturated/α-hetero) is 1. The number of halogens is 1. The fourth-order valence-corrected chi connectivity index (χ4v) is 1.41. The summed E-state index contributed by atoms with van der Waals surface area (Å²) in [6.45, 7) is 5.90. The zero-order valence-electron chi connectivity index (χ0n) is 8.11. The molecular weight excluding hydrogens is 155 g/mol. The van der Waals surface area contributed by atoms with Crippen molar-refractivity contribution in [1.82, 2.24) is 0 Å². The maximum Gasteiger partial charge on any atom is 0.170 e. The van der Waals surface area contributed by atoms with Crippen molar-refractivity contribution in [2.24, 2.45) is 5.41 Å². The lowest BCUT2D eigenvalue weighted by molar-refractivity contribution is -0.137. The minimum Gasteiger partial charge on any atom is -0.296 e. The minimum atomic E-state index is -1.45. The molecule has 0 unspecified atom stereocenters. The number of hydrogen-bond acceptors (Lipinski definition) is 1. The van der Waals surface area contributed by atoms with Crippen LogP contribution in [0, 0.1) is 5.41 Å². The van der Waals surface area contributed by atoms with Crippen molar-refractivity contribution < 1.29 is 9.18 Å². The minimum absolute atomic E-state index is 0.0776. The van der Waals surface area contributed by atoms with Gasteiger partial charge in [-0.1, -0.05) is 20.8 Å². The molecule has 0 aromatic rings. The first-order valence-electron chi connectivity index (χ1n) is 4.56. The molecule has 0 atom stereocenters. The topological polar surface area (TPSA) is 17.1 Å². The first-order chi connectivity index (χ1) is 5.33. The molecule has 12 heavy (non-hydrogen) atoms. The van der Waals surface area contributed by atoms with Gasteiger partial charge in [0.1, 0.15) is 0 Å². The molecule has 1 aliphatic rings. The average molecular weight is 172 g/mol. The van der Waals surface area contributed by atoms with Gasteiger partial charge in [0.25, 0.3) is 0 Å². The molecule has 0 aliphatic heterocycles. The van der Waals surface area contributed by atoms with Crippen molar-refractivity contribution in [1.29, 1.82) is 0 Å². The molecule has 70 valence electrons.